The van der Waals surface area contributed by atoms with E-state index in [1.807, 2.05) is 6.07 Å². The number of carbonyl (C=O) groups excluding carboxylic acids is 1. The molecule has 6 heteroatoms. The molecule has 2 N–H and O–H groups in total. The molecule has 0 aliphatic rings. The minimum Gasteiger partial charge on any atom is -0.462 e. The van der Waals surface area contributed by atoms with Gasteiger partial charge in [0.1, 0.15) is 22.2 Å². The Morgan fingerprint density at radius 3 is 2.93 bits per heavy atom. The lowest BCUT2D eigenvalue weighted by atomic mass is 10.2. The molecule has 0 saturated carbocycles. The zero-order valence-electron chi connectivity index (χ0n) is 7.33. The number of esters is 1. The van der Waals surface area contributed by atoms with E-state index in [0.29, 0.717) is 8.79 Å². The van der Waals surface area contributed by atoms with Gasteiger partial charge in [-0.25, -0.2) is 4.79 Å². The first-order valence-electron chi connectivity index (χ1n) is 3.76. The van der Waals surface area contributed by atoms with Crippen LogP contribution >= 0.6 is 27.3 Å². The lowest BCUT2D eigenvalue weighted by Crippen LogP contribution is -2.06. The van der Waals surface area contributed by atoms with Crippen molar-refractivity contribution in [2.24, 2.45) is 0 Å². The first kappa shape index (κ1) is 11.0. The van der Waals surface area contributed by atoms with Crippen LogP contribution in [0.1, 0.15) is 22.8 Å². The Labute approximate surface area is 93.4 Å². The number of thiophene rings is 1. The second-order valence-corrected chi connectivity index (χ2v) is 4.69. The Bertz CT molecular complexity index is 408. The van der Waals surface area contributed by atoms with Crippen LogP contribution in [0.25, 0.3) is 0 Å². The second-order valence-electron chi connectivity index (χ2n) is 2.32. The van der Waals surface area contributed by atoms with Gasteiger partial charge < -0.3 is 10.5 Å². The van der Waals surface area contributed by atoms with E-state index in [-0.39, 0.29) is 17.7 Å². The fourth-order valence-corrected chi connectivity index (χ4v) is 2.53. The summed E-state index contributed by atoms with van der Waals surface area (Å²) >= 11 is 4.31. The largest absolute Gasteiger partial charge is 0.462 e. The van der Waals surface area contributed by atoms with E-state index < -0.39 is 5.97 Å². The van der Waals surface area contributed by atoms with Crippen LogP contribution in [-0.4, -0.2) is 12.6 Å². The molecule has 0 aliphatic carbocycles. The average molecular weight is 275 g/mol. The summed E-state index contributed by atoms with van der Waals surface area (Å²) in [4.78, 5) is 11.4. The highest BCUT2D eigenvalue weighted by Crippen LogP contribution is 2.35. The number of nitrogens with two attached hydrogens (primary N) is 1. The molecule has 4 nitrogen and oxygen atoms in total. The van der Waals surface area contributed by atoms with Crippen molar-refractivity contribution >= 4 is 38.2 Å². The Morgan fingerprint density at radius 1 is 1.79 bits per heavy atom. The second kappa shape index (κ2) is 4.44. The third-order valence-electron chi connectivity index (χ3n) is 1.48. The van der Waals surface area contributed by atoms with Crippen molar-refractivity contribution < 1.29 is 9.53 Å². The van der Waals surface area contributed by atoms with E-state index in [2.05, 4.69) is 15.9 Å². The number of carbonyl (C=O) groups is 1. The summed E-state index contributed by atoms with van der Waals surface area (Å²) < 4.78 is 5.33. The van der Waals surface area contributed by atoms with E-state index in [9.17, 15) is 4.79 Å². The third-order valence-corrected chi connectivity index (χ3v) is 3.17. The van der Waals surface area contributed by atoms with Gasteiger partial charge >= 0.3 is 5.97 Å². The number of halogens is 1. The van der Waals surface area contributed by atoms with Gasteiger partial charge in [0.05, 0.1) is 10.4 Å². The van der Waals surface area contributed by atoms with E-state index in [1.165, 1.54) is 0 Å². The number of anilines is 1. The van der Waals surface area contributed by atoms with Crippen molar-refractivity contribution in [3.63, 3.8) is 0 Å². The fourth-order valence-electron chi connectivity index (χ4n) is 0.917. The van der Waals surface area contributed by atoms with E-state index in [4.69, 9.17) is 15.7 Å². The summed E-state index contributed by atoms with van der Waals surface area (Å²) in [6.45, 7) is 1.97. The number of rotatable bonds is 2. The molecule has 1 heterocycles. The Morgan fingerprint density at radius 2 is 2.43 bits per heavy atom. The Balaban J connectivity index is 3.20. The molecular weight excluding hydrogens is 268 g/mol. The van der Waals surface area contributed by atoms with Crippen molar-refractivity contribution in [1.29, 1.82) is 5.26 Å². The SMILES string of the molecule is CCOC(=O)c1c(Br)sc(N)c1C#N. The van der Waals surface area contributed by atoms with Gasteiger partial charge in [-0.1, -0.05) is 0 Å². The zero-order valence-corrected chi connectivity index (χ0v) is 9.74. The highest BCUT2D eigenvalue weighted by Gasteiger charge is 2.22. The maximum atomic E-state index is 11.4. The van der Waals surface area contributed by atoms with Crippen LogP contribution in [0, 0.1) is 11.3 Å². The molecule has 0 aromatic carbocycles. The Kier molecular flexibility index (Phi) is 3.49. The van der Waals surface area contributed by atoms with Gasteiger partial charge in [0.2, 0.25) is 0 Å². The van der Waals surface area contributed by atoms with E-state index >= 15 is 0 Å². The van der Waals surface area contributed by atoms with Gasteiger partial charge in [0.25, 0.3) is 0 Å². The lowest BCUT2D eigenvalue weighted by Gasteiger charge is -1.99. The minimum absolute atomic E-state index is 0.181. The predicted molar refractivity (Wildman–Crippen MR) is 57.1 cm³/mol. The fraction of sp³-hybridized carbons (Fsp3) is 0.250. The summed E-state index contributed by atoms with van der Waals surface area (Å²) in [5.41, 5.74) is 5.95. The zero-order chi connectivity index (χ0) is 10.7. The van der Waals surface area contributed by atoms with Crippen molar-refractivity contribution in [2.45, 2.75) is 6.92 Å². The summed E-state index contributed by atoms with van der Waals surface area (Å²) in [5, 5.41) is 9.10. The number of hydrogen-bond donors (Lipinski definition) is 1. The van der Waals surface area contributed by atoms with Crippen LogP contribution in [0.4, 0.5) is 5.00 Å². The molecule has 14 heavy (non-hydrogen) atoms. The quantitative estimate of drug-likeness (QED) is 0.839. The Hall–Kier alpha value is -1.06. The molecule has 0 radical (unpaired) electrons. The van der Waals surface area contributed by atoms with Crippen LogP contribution in [0.3, 0.4) is 0 Å². The summed E-state index contributed by atoms with van der Waals surface area (Å²) in [7, 11) is 0. The maximum absolute atomic E-state index is 11.4. The standard InChI is InChI=1S/C8H7BrN2O2S/c1-2-13-8(12)5-4(3-10)7(11)14-6(5)9/h2,11H2,1H3. The van der Waals surface area contributed by atoms with Crippen molar-refractivity contribution in [2.75, 3.05) is 12.3 Å². The molecule has 0 fully saturated rings. The molecule has 0 saturated heterocycles. The van der Waals surface area contributed by atoms with Gasteiger partial charge in [-0.05, 0) is 22.9 Å². The first-order valence-corrected chi connectivity index (χ1v) is 5.37. The number of nitriles is 1. The minimum atomic E-state index is -0.524. The molecular formula is C8H7BrN2O2S. The van der Waals surface area contributed by atoms with Crippen LogP contribution in [-0.2, 0) is 4.74 Å². The normalized spacial score (nSPS) is 9.50. The van der Waals surface area contributed by atoms with Gasteiger partial charge in [0, 0.05) is 0 Å². The molecule has 0 atom stereocenters. The maximum Gasteiger partial charge on any atom is 0.341 e. The van der Waals surface area contributed by atoms with Crippen molar-refractivity contribution in [1.82, 2.24) is 0 Å². The van der Waals surface area contributed by atoms with Crippen LogP contribution < -0.4 is 5.73 Å². The van der Waals surface area contributed by atoms with Gasteiger partial charge in [-0.2, -0.15) is 5.26 Å². The average Bonchev–Trinajstić information content (AvgIpc) is 2.40. The van der Waals surface area contributed by atoms with E-state index in [1.54, 1.807) is 6.92 Å². The number of hydrogen-bond acceptors (Lipinski definition) is 5. The molecule has 0 unspecified atom stereocenters. The van der Waals surface area contributed by atoms with Gasteiger partial charge in [-0.3, -0.25) is 0 Å². The first-order chi connectivity index (χ1) is 6.61. The molecule has 0 aliphatic heterocycles. The topological polar surface area (TPSA) is 76.1 Å². The van der Waals surface area contributed by atoms with Crippen LogP contribution in [0.15, 0.2) is 3.79 Å². The highest BCUT2D eigenvalue weighted by atomic mass is 79.9. The van der Waals surface area contributed by atoms with Gasteiger partial charge in [0.15, 0.2) is 0 Å². The summed E-state index contributed by atoms with van der Waals surface area (Å²) in [6, 6.07) is 1.88. The van der Waals surface area contributed by atoms with Gasteiger partial charge in [-0.15, -0.1) is 11.3 Å². The number of ether oxygens (including phenoxy) is 1. The molecule has 1 rings (SSSR count). The monoisotopic (exact) mass is 274 g/mol. The smallest absolute Gasteiger partial charge is 0.341 e. The molecule has 74 valence electrons. The summed E-state index contributed by atoms with van der Waals surface area (Å²) in [6.07, 6.45) is 0. The molecule has 0 amide bonds. The van der Waals surface area contributed by atoms with Crippen LogP contribution in [0.2, 0.25) is 0 Å². The molecule has 0 bridgehead atoms. The van der Waals surface area contributed by atoms with Crippen molar-refractivity contribution in [3.05, 3.63) is 14.9 Å². The lowest BCUT2D eigenvalue weighted by molar-refractivity contribution is 0.0525. The molecule has 1 aromatic heterocycles. The number of nitrogens with zero attached hydrogens (tertiary/aromatic N) is 1. The predicted octanol–water partition coefficient (Wildman–Crippen LogP) is 2.14. The van der Waals surface area contributed by atoms with E-state index in [0.717, 1.165) is 11.3 Å². The van der Waals surface area contributed by atoms with Crippen LogP contribution in [0.5, 0.6) is 0 Å². The van der Waals surface area contributed by atoms with Crippen molar-refractivity contribution in [3.8, 4) is 6.07 Å². The summed E-state index contributed by atoms with van der Waals surface area (Å²) in [5.74, 6) is -0.524. The highest BCUT2D eigenvalue weighted by molar-refractivity contribution is 9.11. The molecule has 0 spiro atoms. The third kappa shape index (κ3) is 1.89. The molecule has 1 aromatic rings. The number of nitrogen functional groups attached to an aromatic ring is 1.